The number of hydrogen-bond acceptors (Lipinski definition) is 7. The average molecular weight is 627 g/mol. The molecule has 9 heteroatoms. The number of amides is 1. The minimum atomic E-state index is -0.840. The highest BCUT2D eigenvalue weighted by atomic mass is 32.2. The Bertz CT molecular complexity index is 1530. The van der Waals surface area contributed by atoms with Gasteiger partial charge in [0.2, 0.25) is 5.91 Å². The normalized spacial score (nSPS) is 17.9. The largest absolute Gasteiger partial charge is 0.481 e. The average Bonchev–Trinajstić information content (AvgIpc) is 3.09. The minimum Gasteiger partial charge on any atom is -0.481 e. The van der Waals surface area contributed by atoms with E-state index >= 15 is 0 Å². The Kier molecular flexibility index (Phi) is 11.8. The Labute approximate surface area is 267 Å². The standard InChI is InChI=1S/C36H38N2O6S/c39-23-25-11-13-28(14-12-25)32-21-31(24-45-34-9-3-4-19-37-34)43-36(44-32)29-17-15-27(16-18-29)30-7-5-6-26(20-30)22-38-33(40)8-1-2-10-35(41)42/h3-7,9,11-20,31-32,36,39H,1-2,8,10,21-24H2,(H,38,40)(H,41,42)/t31-,32+,36+/m1/s1. The Morgan fingerprint density at radius 2 is 1.62 bits per heavy atom. The molecule has 0 spiro atoms. The summed E-state index contributed by atoms with van der Waals surface area (Å²) in [6.07, 6.45) is 3.20. The number of unbranched alkanes of at least 4 members (excludes halogenated alkanes) is 1. The Morgan fingerprint density at radius 1 is 0.844 bits per heavy atom. The van der Waals surface area contributed by atoms with Crippen molar-refractivity contribution < 1.29 is 29.3 Å². The SMILES string of the molecule is O=C(O)CCCCC(=O)NCc1cccc(-c2ccc([C@H]3O[C@@H](CSc4ccccn4)C[C@@H](c4ccc(CO)cc4)O3)cc2)c1. The number of ether oxygens (including phenoxy) is 2. The summed E-state index contributed by atoms with van der Waals surface area (Å²) >= 11 is 1.67. The van der Waals surface area contributed by atoms with Crippen molar-refractivity contribution in [2.45, 2.75) is 68.8 Å². The van der Waals surface area contributed by atoms with E-state index in [1.54, 1.807) is 18.0 Å². The van der Waals surface area contributed by atoms with E-state index in [1.807, 2.05) is 72.8 Å². The second kappa shape index (κ2) is 16.3. The summed E-state index contributed by atoms with van der Waals surface area (Å²) in [5, 5.41) is 22.1. The van der Waals surface area contributed by atoms with Gasteiger partial charge in [-0.25, -0.2) is 4.98 Å². The van der Waals surface area contributed by atoms with Crippen LogP contribution in [0.4, 0.5) is 0 Å². The van der Waals surface area contributed by atoms with E-state index in [9.17, 15) is 14.7 Å². The first-order valence-corrected chi connectivity index (χ1v) is 16.2. The predicted octanol–water partition coefficient (Wildman–Crippen LogP) is 6.84. The number of aromatic nitrogens is 1. The molecular formula is C36H38N2O6S. The third-order valence-electron chi connectivity index (χ3n) is 7.65. The highest BCUT2D eigenvalue weighted by Crippen LogP contribution is 2.39. The maximum atomic E-state index is 12.2. The number of carboxylic acid groups (broad SMARTS) is 1. The Morgan fingerprint density at radius 3 is 2.36 bits per heavy atom. The second-order valence-electron chi connectivity index (χ2n) is 11.0. The molecule has 0 radical (unpaired) electrons. The molecule has 5 rings (SSSR count). The number of rotatable bonds is 14. The van der Waals surface area contributed by atoms with Gasteiger partial charge in [-0.05, 0) is 58.9 Å². The van der Waals surface area contributed by atoms with E-state index in [1.165, 1.54) is 0 Å². The van der Waals surface area contributed by atoms with Gasteiger partial charge in [0.05, 0.1) is 23.8 Å². The number of nitrogens with zero attached hydrogens (tertiary/aromatic N) is 1. The molecule has 234 valence electrons. The third kappa shape index (κ3) is 9.73. The highest BCUT2D eigenvalue weighted by Gasteiger charge is 2.32. The molecule has 0 unspecified atom stereocenters. The summed E-state index contributed by atoms with van der Waals surface area (Å²) in [6, 6.07) is 30.0. The molecular weight excluding hydrogens is 588 g/mol. The molecule has 4 aromatic rings. The van der Waals surface area contributed by atoms with Crippen molar-refractivity contribution in [2.75, 3.05) is 5.75 Å². The summed E-state index contributed by atoms with van der Waals surface area (Å²) in [5.74, 6) is -0.179. The molecule has 0 bridgehead atoms. The molecule has 1 amide bonds. The molecule has 3 atom stereocenters. The van der Waals surface area contributed by atoms with Gasteiger partial charge < -0.3 is 25.0 Å². The van der Waals surface area contributed by atoms with Gasteiger partial charge in [-0.1, -0.05) is 72.8 Å². The summed E-state index contributed by atoms with van der Waals surface area (Å²) in [6.45, 7) is 0.410. The first-order chi connectivity index (χ1) is 22.0. The van der Waals surface area contributed by atoms with Crippen LogP contribution in [-0.2, 0) is 32.2 Å². The number of carbonyl (C=O) groups excluding carboxylic acids is 1. The number of aliphatic hydroxyl groups excluding tert-OH is 1. The van der Waals surface area contributed by atoms with Gasteiger partial charge in [-0.3, -0.25) is 9.59 Å². The molecule has 1 fully saturated rings. The molecule has 0 aliphatic carbocycles. The molecule has 8 nitrogen and oxygen atoms in total. The number of hydrogen-bond donors (Lipinski definition) is 3. The smallest absolute Gasteiger partial charge is 0.303 e. The summed E-state index contributed by atoms with van der Waals surface area (Å²) in [7, 11) is 0. The van der Waals surface area contributed by atoms with Crippen LogP contribution >= 0.6 is 11.8 Å². The second-order valence-corrected chi connectivity index (χ2v) is 12.1. The van der Waals surface area contributed by atoms with Crippen LogP contribution in [0.5, 0.6) is 0 Å². The van der Waals surface area contributed by atoms with Crippen LogP contribution in [0.25, 0.3) is 11.1 Å². The topological polar surface area (TPSA) is 118 Å². The number of carboxylic acids is 1. The molecule has 3 aromatic carbocycles. The van der Waals surface area contributed by atoms with Crippen LogP contribution in [0.3, 0.4) is 0 Å². The van der Waals surface area contributed by atoms with E-state index < -0.39 is 12.3 Å². The van der Waals surface area contributed by atoms with E-state index in [0.717, 1.165) is 44.2 Å². The zero-order chi connectivity index (χ0) is 31.4. The van der Waals surface area contributed by atoms with Crippen LogP contribution in [0.1, 0.15) is 66.8 Å². The molecule has 45 heavy (non-hydrogen) atoms. The van der Waals surface area contributed by atoms with E-state index in [-0.39, 0.29) is 31.1 Å². The molecule has 3 N–H and O–H groups in total. The van der Waals surface area contributed by atoms with Crippen LogP contribution in [0, 0.1) is 0 Å². The van der Waals surface area contributed by atoms with Crippen molar-refractivity contribution >= 4 is 23.6 Å². The molecule has 1 aromatic heterocycles. The third-order valence-corrected chi connectivity index (χ3v) is 8.72. The van der Waals surface area contributed by atoms with Crippen LogP contribution in [-0.4, -0.2) is 38.9 Å². The first-order valence-electron chi connectivity index (χ1n) is 15.2. The van der Waals surface area contributed by atoms with Crippen LogP contribution in [0.2, 0.25) is 0 Å². The maximum absolute atomic E-state index is 12.2. The lowest BCUT2D eigenvalue weighted by molar-refractivity contribution is -0.245. The first kappa shape index (κ1) is 32.4. The van der Waals surface area contributed by atoms with Crippen molar-refractivity contribution in [3.63, 3.8) is 0 Å². The lowest BCUT2D eigenvalue weighted by Gasteiger charge is -2.36. The fourth-order valence-electron chi connectivity index (χ4n) is 5.18. The van der Waals surface area contributed by atoms with Crippen molar-refractivity contribution in [3.8, 4) is 11.1 Å². The fourth-order valence-corrected chi connectivity index (χ4v) is 6.06. The zero-order valence-electron chi connectivity index (χ0n) is 25.0. The van der Waals surface area contributed by atoms with Gasteiger partial charge in [-0.2, -0.15) is 0 Å². The van der Waals surface area contributed by atoms with Gasteiger partial charge in [0.15, 0.2) is 6.29 Å². The van der Waals surface area contributed by atoms with Crippen LogP contribution < -0.4 is 5.32 Å². The molecule has 0 saturated carbocycles. The lowest BCUT2D eigenvalue weighted by Crippen LogP contribution is -2.31. The van der Waals surface area contributed by atoms with Gasteiger partial charge in [0.1, 0.15) is 0 Å². The predicted molar refractivity (Wildman–Crippen MR) is 173 cm³/mol. The Hall–Kier alpha value is -4.02. The molecule has 1 aliphatic heterocycles. The van der Waals surface area contributed by atoms with Crippen molar-refractivity contribution in [1.29, 1.82) is 0 Å². The van der Waals surface area contributed by atoms with Crippen molar-refractivity contribution in [2.24, 2.45) is 0 Å². The molecule has 2 heterocycles. The zero-order valence-corrected chi connectivity index (χ0v) is 25.8. The van der Waals surface area contributed by atoms with Gasteiger partial charge in [0.25, 0.3) is 0 Å². The quantitative estimate of drug-likeness (QED) is 0.103. The lowest BCUT2D eigenvalue weighted by atomic mass is 9.99. The van der Waals surface area contributed by atoms with Crippen LogP contribution in [0.15, 0.2) is 102 Å². The number of aliphatic hydroxyl groups is 1. The summed E-state index contributed by atoms with van der Waals surface area (Å²) in [4.78, 5) is 27.3. The van der Waals surface area contributed by atoms with Gasteiger partial charge in [0, 0.05) is 43.3 Å². The van der Waals surface area contributed by atoms with E-state index in [4.69, 9.17) is 14.6 Å². The van der Waals surface area contributed by atoms with Gasteiger partial charge >= 0.3 is 5.97 Å². The fraction of sp³-hybridized carbons (Fsp3) is 0.306. The number of nitrogens with one attached hydrogen (secondary N) is 1. The maximum Gasteiger partial charge on any atom is 0.303 e. The van der Waals surface area contributed by atoms with Gasteiger partial charge in [-0.15, -0.1) is 11.8 Å². The number of benzene rings is 3. The van der Waals surface area contributed by atoms with Crippen molar-refractivity contribution in [3.05, 3.63) is 119 Å². The monoisotopic (exact) mass is 626 g/mol. The van der Waals surface area contributed by atoms with E-state index in [0.29, 0.717) is 32.2 Å². The number of aliphatic carboxylic acids is 1. The summed E-state index contributed by atoms with van der Waals surface area (Å²) in [5.41, 5.74) is 5.89. The number of pyridine rings is 1. The van der Waals surface area contributed by atoms with Crippen molar-refractivity contribution in [1.82, 2.24) is 10.3 Å². The Balaban J connectivity index is 1.24. The number of carbonyl (C=O) groups is 2. The van der Waals surface area contributed by atoms with E-state index in [2.05, 4.69) is 28.5 Å². The molecule has 1 saturated heterocycles. The molecule has 1 aliphatic rings. The summed E-state index contributed by atoms with van der Waals surface area (Å²) < 4.78 is 13.0. The number of thioether (sulfide) groups is 1. The highest BCUT2D eigenvalue weighted by molar-refractivity contribution is 7.99. The minimum absolute atomic E-state index is 0.000948.